The van der Waals surface area contributed by atoms with Crippen LogP contribution in [0.4, 0.5) is 0 Å². The molecule has 0 N–H and O–H groups in total. The van der Waals surface area contributed by atoms with Gasteiger partial charge in [0.15, 0.2) is 0 Å². The number of pyridine rings is 1. The maximum absolute atomic E-state index is 4.27. The molecule has 2 aromatic heterocycles. The lowest BCUT2D eigenvalue weighted by Crippen LogP contribution is -1.83. The average molecular weight is 150 g/mol. The summed E-state index contributed by atoms with van der Waals surface area (Å²) in [7, 11) is 1.24. The summed E-state index contributed by atoms with van der Waals surface area (Å²) in [6.45, 7) is 2.04. The van der Waals surface area contributed by atoms with E-state index in [-0.39, 0.29) is 0 Å². The van der Waals surface area contributed by atoms with Crippen molar-refractivity contribution >= 4 is 13.4 Å². The molecule has 0 amide bonds. The Labute approximate surface area is 60.6 Å². The molecular formula is C7H7N2P. The topological polar surface area (TPSA) is 17.3 Å². The number of fused-ring (bicyclic) bond motifs is 1. The lowest BCUT2D eigenvalue weighted by atomic mass is 10.5. The molecule has 10 heavy (non-hydrogen) atoms. The lowest BCUT2D eigenvalue weighted by Gasteiger charge is -1.86. The van der Waals surface area contributed by atoms with Gasteiger partial charge >= 0.3 is 0 Å². The minimum atomic E-state index is 1.16. The molecule has 2 heterocycles. The first-order valence-corrected chi connectivity index (χ1v) is 4.04. The Morgan fingerprint density at radius 1 is 1.50 bits per heavy atom. The third kappa shape index (κ3) is 0.812. The van der Waals surface area contributed by atoms with E-state index in [0.717, 1.165) is 5.43 Å². The van der Waals surface area contributed by atoms with Crippen molar-refractivity contribution in [3.8, 4) is 0 Å². The van der Waals surface area contributed by atoms with Gasteiger partial charge in [0, 0.05) is 6.20 Å². The second kappa shape index (κ2) is 2.06. The Hall–Kier alpha value is -0.880. The first-order chi connectivity index (χ1) is 4.86. The Bertz CT molecular complexity index is 320. The first-order valence-electron chi connectivity index (χ1n) is 3.14. The number of rotatable bonds is 0. The quantitative estimate of drug-likeness (QED) is 0.562. The third-order valence-electron chi connectivity index (χ3n) is 1.35. The number of nitrogens with zero attached hydrogens (tertiary/aromatic N) is 2. The zero-order valence-electron chi connectivity index (χ0n) is 5.65. The Balaban J connectivity index is 2.88. The summed E-state index contributed by atoms with van der Waals surface area (Å²) in [6, 6.07) is 6.11. The predicted octanol–water partition coefficient (Wildman–Crippen LogP) is 2.22. The zero-order valence-corrected chi connectivity index (χ0v) is 6.55. The fourth-order valence-corrected chi connectivity index (χ4v) is 1.79. The van der Waals surface area contributed by atoms with Crippen LogP contribution in [-0.4, -0.2) is 9.61 Å². The molecule has 3 heteroatoms. The SMILES string of the molecule is Cc1nn2ccccc2p1. The molecule has 0 aliphatic carbocycles. The van der Waals surface area contributed by atoms with E-state index >= 15 is 0 Å². The van der Waals surface area contributed by atoms with Crippen LogP contribution in [0.25, 0.3) is 5.25 Å². The zero-order chi connectivity index (χ0) is 6.97. The van der Waals surface area contributed by atoms with E-state index in [1.165, 1.54) is 13.4 Å². The van der Waals surface area contributed by atoms with Crippen LogP contribution in [-0.2, 0) is 0 Å². The average Bonchev–Trinajstić information content (AvgIpc) is 2.27. The summed E-state index contributed by atoms with van der Waals surface area (Å²) in [4.78, 5) is 0. The van der Waals surface area contributed by atoms with Gasteiger partial charge in [-0.2, -0.15) is 5.10 Å². The van der Waals surface area contributed by atoms with E-state index in [9.17, 15) is 0 Å². The van der Waals surface area contributed by atoms with E-state index in [0.29, 0.717) is 0 Å². The minimum Gasteiger partial charge on any atom is -0.236 e. The van der Waals surface area contributed by atoms with Gasteiger partial charge in [0.1, 0.15) is 0 Å². The Kier molecular flexibility index (Phi) is 1.21. The standard InChI is InChI=1S/C7H7N2P/c1-6-8-9-5-3-2-4-7(9)10-6/h2-5H,1H3. The fraction of sp³-hybridized carbons (Fsp3) is 0.143. The second-order valence-corrected chi connectivity index (χ2v) is 3.49. The maximum atomic E-state index is 4.27. The number of hydrogen-bond acceptors (Lipinski definition) is 1. The number of aryl methyl sites for hydroxylation is 1. The van der Waals surface area contributed by atoms with Crippen LogP contribution in [0.5, 0.6) is 0 Å². The highest BCUT2D eigenvalue weighted by Crippen LogP contribution is 2.18. The monoisotopic (exact) mass is 150 g/mol. The first kappa shape index (κ1) is 5.87. The van der Waals surface area contributed by atoms with E-state index < -0.39 is 0 Å². The maximum Gasteiger partial charge on any atom is 0.0931 e. The van der Waals surface area contributed by atoms with Crippen molar-refractivity contribution in [2.75, 3.05) is 0 Å². The van der Waals surface area contributed by atoms with E-state index in [1.54, 1.807) is 0 Å². The molecule has 0 spiro atoms. The molecule has 0 aliphatic rings. The molecule has 0 atom stereocenters. The van der Waals surface area contributed by atoms with Gasteiger partial charge in [-0.15, -0.1) is 0 Å². The molecule has 0 aromatic carbocycles. The van der Waals surface area contributed by atoms with Crippen LogP contribution < -0.4 is 0 Å². The fourth-order valence-electron chi connectivity index (χ4n) is 0.943. The molecule has 50 valence electrons. The van der Waals surface area contributed by atoms with Gasteiger partial charge in [0.25, 0.3) is 0 Å². The largest absolute Gasteiger partial charge is 0.236 e. The van der Waals surface area contributed by atoms with Crippen molar-refractivity contribution in [2.45, 2.75) is 6.92 Å². The van der Waals surface area contributed by atoms with Crippen LogP contribution in [0.3, 0.4) is 0 Å². The van der Waals surface area contributed by atoms with Crippen LogP contribution in [0.15, 0.2) is 24.4 Å². The minimum absolute atomic E-state index is 1.16. The molecule has 2 nitrogen and oxygen atoms in total. The second-order valence-electron chi connectivity index (χ2n) is 2.16. The normalized spacial score (nSPS) is 11.3. The van der Waals surface area contributed by atoms with Crippen molar-refractivity contribution in [1.82, 2.24) is 9.61 Å². The lowest BCUT2D eigenvalue weighted by molar-refractivity contribution is 0.935. The molecule has 2 rings (SSSR count). The highest BCUT2D eigenvalue weighted by atomic mass is 31.0. The van der Waals surface area contributed by atoms with E-state index in [4.69, 9.17) is 0 Å². The molecule has 0 radical (unpaired) electrons. The van der Waals surface area contributed by atoms with Gasteiger partial charge < -0.3 is 0 Å². The summed E-state index contributed by atoms with van der Waals surface area (Å²) >= 11 is 0. The van der Waals surface area contributed by atoms with Gasteiger partial charge in [0.05, 0.1) is 10.7 Å². The smallest absolute Gasteiger partial charge is 0.0931 e. The summed E-state index contributed by atoms with van der Waals surface area (Å²) in [5.74, 6) is 0. The molecule has 0 aliphatic heterocycles. The Morgan fingerprint density at radius 2 is 2.40 bits per heavy atom. The van der Waals surface area contributed by atoms with Crippen molar-refractivity contribution < 1.29 is 0 Å². The van der Waals surface area contributed by atoms with E-state index in [2.05, 4.69) is 11.2 Å². The molecule has 0 saturated heterocycles. The predicted molar refractivity (Wildman–Crippen MR) is 42.4 cm³/mol. The van der Waals surface area contributed by atoms with Crippen molar-refractivity contribution in [3.05, 3.63) is 29.8 Å². The molecule has 0 fully saturated rings. The Morgan fingerprint density at radius 3 is 3.20 bits per heavy atom. The van der Waals surface area contributed by atoms with Gasteiger partial charge in [-0.05, 0) is 27.2 Å². The summed E-state index contributed by atoms with van der Waals surface area (Å²) in [6.07, 6.45) is 1.97. The molecule has 0 unspecified atom stereocenters. The highest BCUT2D eigenvalue weighted by molar-refractivity contribution is 7.36. The van der Waals surface area contributed by atoms with Crippen LogP contribution in [0, 0.1) is 6.92 Å². The summed E-state index contributed by atoms with van der Waals surface area (Å²) in [5.41, 5.74) is 1.16. The van der Waals surface area contributed by atoms with Gasteiger partial charge in [-0.25, -0.2) is 4.52 Å². The van der Waals surface area contributed by atoms with Crippen molar-refractivity contribution in [1.29, 1.82) is 0 Å². The summed E-state index contributed by atoms with van der Waals surface area (Å²) < 4.78 is 1.91. The van der Waals surface area contributed by atoms with Gasteiger partial charge in [0.2, 0.25) is 0 Å². The number of aromatic nitrogens is 2. The van der Waals surface area contributed by atoms with E-state index in [1.807, 2.05) is 29.8 Å². The molecule has 0 bridgehead atoms. The third-order valence-corrected chi connectivity index (χ3v) is 2.34. The molecule has 2 aromatic rings. The molecular weight excluding hydrogens is 143 g/mol. The van der Waals surface area contributed by atoms with Crippen molar-refractivity contribution in [2.24, 2.45) is 0 Å². The molecule has 0 saturated carbocycles. The van der Waals surface area contributed by atoms with Gasteiger partial charge in [-0.1, -0.05) is 6.07 Å². The van der Waals surface area contributed by atoms with Gasteiger partial charge in [-0.3, -0.25) is 0 Å². The highest BCUT2D eigenvalue weighted by Gasteiger charge is 1.93. The number of hydrogen-bond donors (Lipinski definition) is 0. The van der Waals surface area contributed by atoms with Crippen LogP contribution in [0.1, 0.15) is 5.43 Å². The van der Waals surface area contributed by atoms with Crippen molar-refractivity contribution in [3.63, 3.8) is 0 Å². The summed E-state index contributed by atoms with van der Waals surface area (Å²) in [5, 5.41) is 5.52. The van der Waals surface area contributed by atoms with Crippen LogP contribution in [0.2, 0.25) is 0 Å². The van der Waals surface area contributed by atoms with Crippen LogP contribution >= 0.6 is 8.19 Å².